The molecular weight excluding hydrogens is 244 g/mol. The lowest BCUT2D eigenvalue weighted by atomic mass is 9.47. The highest BCUT2D eigenvalue weighted by molar-refractivity contribution is 5.26. The van der Waals surface area contributed by atoms with Gasteiger partial charge in [-0.15, -0.1) is 0 Å². The SMILES string of the molecule is C[C@@]12CCC[C@H]1[C@@H]1C(O)C=C3CCCC[C@]3(C)[C@@H]1CC2. The van der Waals surface area contributed by atoms with Crippen molar-refractivity contribution in [2.75, 3.05) is 0 Å². The molecule has 0 aliphatic heterocycles. The van der Waals surface area contributed by atoms with Gasteiger partial charge >= 0.3 is 0 Å². The molecule has 1 N–H and O–H groups in total. The van der Waals surface area contributed by atoms with Crippen LogP contribution in [0, 0.1) is 28.6 Å². The summed E-state index contributed by atoms with van der Waals surface area (Å²) in [4.78, 5) is 0. The van der Waals surface area contributed by atoms with Crippen LogP contribution in [0.25, 0.3) is 0 Å². The first-order valence-corrected chi connectivity index (χ1v) is 8.94. The maximum atomic E-state index is 10.8. The highest BCUT2D eigenvalue weighted by Crippen LogP contribution is 2.64. The number of aliphatic hydroxyl groups excluding tert-OH is 1. The zero-order valence-corrected chi connectivity index (χ0v) is 13.2. The van der Waals surface area contributed by atoms with Gasteiger partial charge in [-0.3, -0.25) is 0 Å². The lowest BCUT2D eigenvalue weighted by Gasteiger charge is -2.58. The van der Waals surface area contributed by atoms with Gasteiger partial charge in [0, 0.05) is 0 Å². The largest absolute Gasteiger partial charge is 0.389 e. The van der Waals surface area contributed by atoms with Gasteiger partial charge in [0.05, 0.1) is 6.10 Å². The molecule has 0 aromatic carbocycles. The molecule has 20 heavy (non-hydrogen) atoms. The van der Waals surface area contributed by atoms with Crippen LogP contribution in [0.4, 0.5) is 0 Å². The fraction of sp³-hybridized carbons (Fsp3) is 0.895. The van der Waals surface area contributed by atoms with Gasteiger partial charge in [-0.1, -0.05) is 38.3 Å². The van der Waals surface area contributed by atoms with Crippen LogP contribution >= 0.6 is 0 Å². The summed E-state index contributed by atoms with van der Waals surface area (Å²) in [7, 11) is 0. The van der Waals surface area contributed by atoms with Gasteiger partial charge in [0.1, 0.15) is 0 Å². The summed E-state index contributed by atoms with van der Waals surface area (Å²) in [5, 5.41) is 10.8. The van der Waals surface area contributed by atoms with E-state index >= 15 is 0 Å². The Hall–Kier alpha value is -0.300. The smallest absolute Gasteiger partial charge is 0.0757 e. The average Bonchev–Trinajstić information content (AvgIpc) is 2.81. The number of hydrogen-bond acceptors (Lipinski definition) is 1. The molecule has 112 valence electrons. The van der Waals surface area contributed by atoms with E-state index < -0.39 is 0 Å². The van der Waals surface area contributed by atoms with Crippen molar-refractivity contribution in [3.63, 3.8) is 0 Å². The molecular formula is C19H30O. The number of hydrogen-bond donors (Lipinski definition) is 1. The Morgan fingerprint density at radius 3 is 2.70 bits per heavy atom. The summed E-state index contributed by atoms with van der Waals surface area (Å²) in [6.07, 6.45) is 14.4. The number of aliphatic hydroxyl groups is 1. The van der Waals surface area contributed by atoms with Crippen molar-refractivity contribution in [2.45, 2.75) is 77.7 Å². The van der Waals surface area contributed by atoms with Gasteiger partial charge < -0.3 is 5.11 Å². The summed E-state index contributed by atoms with van der Waals surface area (Å²) in [6.45, 7) is 5.04. The molecule has 0 bridgehead atoms. The standard InChI is InChI=1S/C19H30O/c1-18-9-5-7-14(18)17-15(8-11-18)19(2)10-4-3-6-13(19)12-16(17)20/h12,14-17,20H,3-11H2,1-2H3/t14-,15+,16?,17-,18-,19-/m0/s1. The van der Waals surface area contributed by atoms with Crippen LogP contribution in [0.3, 0.4) is 0 Å². The predicted molar refractivity (Wildman–Crippen MR) is 82.3 cm³/mol. The van der Waals surface area contributed by atoms with Gasteiger partial charge in [0.15, 0.2) is 0 Å². The second-order valence-electron chi connectivity index (χ2n) is 8.68. The van der Waals surface area contributed by atoms with Crippen LogP contribution < -0.4 is 0 Å². The predicted octanol–water partition coefficient (Wildman–Crippen LogP) is 4.70. The lowest BCUT2D eigenvalue weighted by Crippen LogP contribution is -2.52. The lowest BCUT2D eigenvalue weighted by molar-refractivity contribution is -0.0762. The van der Waals surface area contributed by atoms with E-state index in [9.17, 15) is 5.11 Å². The molecule has 4 rings (SSSR count). The van der Waals surface area contributed by atoms with Gasteiger partial charge in [0.2, 0.25) is 0 Å². The van der Waals surface area contributed by atoms with Gasteiger partial charge in [-0.25, -0.2) is 0 Å². The zero-order valence-electron chi connectivity index (χ0n) is 13.2. The minimum atomic E-state index is -0.149. The molecule has 0 spiro atoms. The summed E-state index contributed by atoms with van der Waals surface area (Å²) >= 11 is 0. The van der Waals surface area contributed by atoms with E-state index in [1.54, 1.807) is 5.57 Å². The molecule has 1 nitrogen and oxygen atoms in total. The Labute approximate surface area is 123 Å². The van der Waals surface area contributed by atoms with Crippen molar-refractivity contribution in [2.24, 2.45) is 28.6 Å². The number of rotatable bonds is 0. The first-order chi connectivity index (χ1) is 9.55. The molecule has 0 amide bonds. The third kappa shape index (κ3) is 1.65. The van der Waals surface area contributed by atoms with E-state index in [0.717, 1.165) is 11.8 Å². The molecule has 1 heteroatoms. The van der Waals surface area contributed by atoms with E-state index in [4.69, 9.17) is 0 Å². The molecule has 0 saturated heterocycles. The number of allylic oxidation sites excluding steroid dienone is 1. The maximum Gasteiger partial charge on any atom is 0.0757 e. The zero-order chi connectivity index (χ0) is 14.0. The molecule has 4 aliphatic rings. The second kappa shape index (κ2) is 4.35. The summed E-state index contributed by atoms with van der Waals surface area (Å²) < 4.78 is 0. The first-order valence-electron chi connectivity index (χ1n) is 8.94. The highest BCUT2D eigenvalue weighted by atomic mass is 16.3. The van der Waals surface area contributed by atoms with Gasteiger partial charge in [0.25, 0.3) is 0 Å². The van der Waals surface area contributed by atoms with Crippen LogP contribution in [-0.2, 0) is 0 Å². The van der Waals surface area contributed by atoms with E-state index in [2.05, 4.69) is 19.9 Å². The Morgan fingerprint density at radius 1 is 1.00 bits per heavy atom. The minimum Gasteiger partial charge on any atom is -0.389 e. The molecule has 3 fully saturated rings. The average molecular weight is 274 g/mol. The quantitative estimate of drug-likeness (QED) is 0.635. The highest BCUT2D eigenvalue weighted by Gasteiger charge is 2.57. The molecule has 0 radical (unpaired) electrons. The molecule has 4 aliphatic carbocycles. The first kappa shape index (κ1) is 13.4. The van der Waals surface area contributed by atoms with Crippen LogP contribution in [0.15, 0.2) is 11.6 Å². The fourth-order valence-electron chi connectivity index (χ4n) is 6.67. The van der Waals surface area contributed by atoms with Crippen molar-refractivity contribution < 1.29 is 5.11 Å². The van der Waals surface area contributed by atoms with Crippen LogP contribution in [0.2, 0.25) is 0 Å². The van der Waals surface area contributed by atoms with Crippen molar-refractivity contribution in [1.82, 2.24) is 0 Å². The van der Waals surface area contributed by atoms with Crippen LogP contribution in [0.1, 0.15) is 71.6 Å². The van der Waals surface area contributed by atoms with Crippen molar-refractivity contribution >= 4 is 0 Å². The molecule has 0 aromatic rings. The minimum absolute atomic E-state index is 0.149. The van der Waals surface area contributed by atoms with Crippen LogP contribution in [-0.4, -0.2) is 11.2 Å². The summed E-state index contributed by atoms with van der Waals surface area (Å²) in [6, 6.07) is 0. The number of fused-ring (bicyclic) bond motifs is 5. The summed E-state index contributed by atoms with van der Waals surface area (Å²) in [5.41, 5.74) is 2.57. The van der Waals surface area contributed by atoms with Gasteiger partial charge in [-0.2, -0.15) is 0 Å². The third-order valence-electron chi connectivity index (χ3n) is 7.82. The molecule has 0 heterocycles. The topological polar surface area (TPSA) is 20.2 Å². The molecule has 0 aromatic heterocycles. The van der Waals surface area contributed by atoms with E-state index in [1.165, 1.54) is 57.8 Å². The van der Waals surface area contributed by atoms with E-state index in [-0.39, 0.29) is 6.10 Å². The normalized spacial score (nSPS) is 54.6. The molecule has 3 saturated carbocycles. The molecule has 1 unspecified atom stereocenters. The van der Waals surface area contributed by atoms with Crippen molar-refractivity contribution in [3.8, 4) is 0 Å². The van der Waals surface area contributed by atoms with E-state index in [0.29, 0.717) is 16.7 Å². The monoisotopic (exact) mass is 274 g/mol. The van der Waals surface area contributed by atoms with Crippen LogP contribution in [0.5, 0.6) is 0 Å². The Kier molecular flexibility index (Phi) is 2.91. The van der Waals surface area contributed by atoms with Crippen molar-refractivity contribution in [1.29, 1.82) is 0 Å². The van der Waals surface area contributed by atoms with E-state index in [1.807, 2.05) is 0 Å². The van der Waals surface area contributed by atoms with Crippen molar-refractivity contribution in [3.05, 3.63) is 11.6 Å². The Bertz CT molecular complexity index is 439. The third-order valence-corrected chi connectivity index (χ3v) is 7.82. The summed E-state index contributed by atoms with van der Waals surface area (Å²) in [5.74, 6) is 2.10. The molecule has 6 atom stereocenters. The second-order valence-corrected chi connectivity index (χ2v) is 8.68. The Balaban J connectivity index is 1.75. The Morgan fingerprint density at radius 2 is 1.85 bits per heavy atom. The maximum absolute atomic E-state index is 10.8. The fourth-order valence-corrected chi connectivity index (χ4v) is 6.67. The van der Waals surface area contributed by atoms with Gasteiger partial charge in [-0.05, 0) is 73.5 Å².